The summed E-state index contributed by atoms with van der Waals surface area (Å²) in [5.74, 6) is -0.110. The summed E-state index contributed by atoms with van der Waals surface area (Å²) >= 11 is 0. The molecule has 5 nitrogen and oxygen atoms in total. The highest BCUT2D eigenvalue weighted by molar-refractivity contribution is 6.07. The van der Waals surface area contributed by atoms with Gasteiger partial charge < -0.3 is 14.7 Å². The number of nitrogens with one attached hydrogen (secondary N) is 1. The molecule has 0 aliphatic heterocycles. The Morgan fingerprint density at radius 1 is 1.15 bits per heavy atom. The molecule has 27 heavy (non-hydrogen) atoms. The van der Waals surface area contributed by atoms with Gasteiger partial charge in [-0.25, -0.2) is 0 Å². The van der Waals surface area contributed by atoms with E-state index in [1.54, 1.807) is 6.21 Å². The predicted octanol–water partition coefficient (Wildman–Crippen LogP) is 4.62. The number of rotatable bonds is 6. The summed E-state index contributed by atoms with van der Waals surface area (Å²) in [6, 6.07) is 15.7. The standard InChI is InChI=1S/C22H23N3O2/c1-4-27-23-13-17-9-11-18(12-10-17)19-7-5-6-8-21(19)24-22(26)20-15-25(3)14-16(20)2/h5-15H,4H2,1-3H3,(H,24,26). The van der Waals surface area contributed by atoms with Gasteiger partial charge in [0.05, 0.1) is 11.8 Å². The van der Waals surface area contributed by atoms with Gasteiger partial charge >= 0.3 is 0 Å². The van der Waals surface area contributed by atoms with Crippen LogP contribution in [0.5, 0.6) is 0 Å². The van der Waals surface area contributed by atoms with Gasteiger partial charge in [-0.2, -0.15) is 0 Å². The molecule has 3 rings (SSSR count). The monoisotopic (exact) mass is 361 g/mol. The van der Waals surface area contributed by atoms with Crippen molar-refractivity contribution in [3.8, 4) is 11.1 Å². The van der Waals surface area contributed by atoms with Crippen LogP contribution in [0.2, 0.25) is 0 Å². The normalized spacial score (nSPS) is 10.9. The van der Waals surface area contributed by atoms with Crippen LogP contribution in [0.1, 0.15) is 28.4 Å². The van der Waals surface area contributed by atoms with Crippen LogP contribution < -0.4 is 5.32 Å². The van der Waals surface area contributed by atoms with E-state index in [4.69, 9.17) is 4.84 Å². The number of carbonyl (C=O) groups excluding carboxylic acids is 1. The molecule has 1 N–H and O–H groups in total. The Balaban J connectivity index is 1.83. The van der Waals surface area contributed by atoms with Crippen LogP contribution in [0.3, 0.4) is 0 Å². The molecular weight excluding hydrogens is 338 g/mol. The second-order valence-corrected chi connectivity index (χ2v) is 6.29. The Morgan fingerprint density at radius 3 is 2.56 bits per heavy atom. The Labute approximate surface area is 159 Å². The molecule has 2 aromatic carbocycles. The lowest BCUT2D eigenvalue weighted by Crippen LogP contribution is -2.13. The third-order valence-corrected chi connectivity index (χ3v) is 4.20. The fraction of sp³-hybridized carbons (Fsp3) is 0.182. The molecule has 5 heteroatoms. The second kappa shape index (κ2) is 8.36. The number of carbonyl (C=O) groups is 1. The Morgan fingerprint density at radius 2 is 1.89 bits per heavy atom. The van der Waals surface area contributed by atoms with Crippen molar-refractivity contribution in [1.82, 2.24) is 4.57 Å². The van der Waals surface area contributed by atoms with E-state index in [2.05, 4.69) is 10.5 Å². The van der Waals surface area contributed by atoms with Gasteiger partial charge in [-0.15, -0.1) is 0 Å². The first-order chi connectivity index (χ1) is 13.1. The van der Waals surface area contributed by atoms with Crippen molar-refractivity contribution in [2.75, 3.05) is 11.9 Å². The number of hydrogen-bond acceptors (Lipinski definition) is 3. The van der Waals surface area contributed by atoms with E-state index in [9.17, 15) is 4.79 Å². The Hall–Kier alpha value is -3.34. The van der Waals surface area contributed by atoms with Crippen LogP contribution in [0.15, 0.2) is 66.1 Å². The van der Waals surface area contributed by atoms with Crippen molar-refractivity contribution < 1.29 is 9.63 Å². The summed E-state index contributed by atoms with van der Waals surface area (Å²) < 4.78 is 1.89. The third-order valence-electron chi connectivity index (χ3n) is 4.20. The minimum Gasteiger partial charge on any atom is -0.396 e. The maximum absolute atomic E-state index is 12.7. The lowest BCUT2D eigenvalue weighted by molar-refractivity contribution is 0.102. The van der Waals surface area contributed by atoms with Crippen LogP contribution in [0.4, 0.5) is 5.69 Å². The van der Waals surface area contributed by atoms with Crippen LogP contribution >= 0.6 is 0 Å². The number of amides is 1. The molecule has 0 fully saturated rings. The molecule has 1 amide bonds. The average molecular weight is 361 g/mol. The number of oxime groups is 1. The molecule has 0 spiro atoms. The Kier molecular flexibility index (Phi) is 5.71. The fourth-order valence-electron chi connectivity index (χ4n) is 2.91. The number of nitrogens with zero attached hydrogens (tertiary/aromatic N) is 2. The van der Waals surface area contributed by atoms with E-state index in [0.717, 1.165) is 27.9 Å². The van der Waals surface area contributed by atoms with E-state index >= 15 is 0 Å². The van der Waals surface area contributed by atoms with Crippen molar-refractivity contribution in [2.45, 2.75) is 13.8 Å². The van der Waals surface area contributed by atoms with Crippen molar-refractivity contribution >= 4 is 17.8 Å². The van der Waals surface area contributed by atoms with Crippen molar-refractivity contribution in [2.24, 2.45) is 12.2 Å². The molecule has 0 radical (unpaired) electrons. The number of aromatic nitrogens is 1. The average Bonchev–Trinajstić information content (AvgIpc) is 3.01. The smallest absolute Gasteiger partial charge is 0.257 e. The molecule has 0 saturated heterocycles. The molecule has 0 saturated carbocycles. The van der Waals surface area contributed by atoms with Gasteiger partial charge in [0.15, 0.2) is 0 Å². The largest absolute Gasteiger partial charge is 0.396 e. The van der Waals surface area contributed by atoms with E-state index in [0.29, 0.717) is 12.2 Å². The molecule has 138 valence electrons. The zero-order valence-corrected chi connectivity index (χ0v) is 15.8. The number of benzene rings is 2. The molecule has 1 heterocycles. The maximum atomic E-state index is 12.7. The lowest BCUT2D eigenvalue weighted by atomic mass is 10.0. The highest BCUT2D eigenvalue weighted by atomic mass is 16.6. The number of para-hydroxylation sites is 1. The quantitative estimate of drug-likeness (QED) is 0.514. The first kappa shape index (κ1) is 18.5. The number of hydrogen-bond donors (Lipinski definition) is 1. The minimum absolute atomic E-state index is 0.110. The minimum atomic E-state index is -0.110. The van der Waals surface area contributed by atoms with Crippen LogP contribution in [-0.2, 0) is 11.9 Å². The SMILES string of the molecule is CCON=Cc1ccc(-c2ccccc2NC(=O)c2cn(C)cc2C)cc1. The Bertz CT molecular complexity index is 956. The molecule has 3 aromatic rings. The third kappa shape index (κ3) is 4.44. The van der Waals surface area contributed by atoms with Gasteiger partial charge in [-0.05, 0) is 36.6 Å². The summed E-state index contributed by atoms with van der Waals surface area (Å²) in [6.07, 6.45) is 5.45. The summed E-state index contributed by atoms with van der Waals surface area (Å²) in [6.45, 7) is 4.37. The van der Waals surface area contributed by atoms with Gasteiger partial charge in [0, 0.05) is 30.7 Å². The van der Waals surface area contributed by atoms with E-state index < -0.39 is 0 Å². The topological polar surface area (TPSA) is 55.6 Å². The van der Waals surface area contributed by atoms with E-state index in [-0.39, 0.29) is 5.91 Å². The highest BCUT2D eigenvalue weighted by Gasteiger charge is 2.13. The van der Waals surface area contributed by atoms with Gasteiger partial charge in [0.1, 0.15) is 6.61 Å². The maximum Gasteiger partial charge on any atom is 0.257 e. The molecule has 0 unspecified atom stereocenters. The number of anilines is 1. The van der Waals surface area contributed by atoms with Crippen molar-refractivity contribution in [3.63, 3.8) is 0 Å². The lowest BCUT2D eigenvalue weighted by Gasteiger charge is -2.11. The first-order valence-electron chi connectivity index (χ1n) is 8.87. The highest BCUT2D eigenvalue weighted by Crippen LogP contribution is 2.28. The second-order valence-electron chi connectivity index (χ2n) is 6.29. The van der Waals surface area contributed by atoms with Gasteiger partial charge in [0.25, 0.3) is 5.91 Å². The van der Waals surface area contributed by atoms with E-state index in [1.807, 2.05) is 86.4 Å². The zero-order valence-electron chi connectivity index (χ0n) is 15.8. The molecule has 0 aliphatic rings. The summed E-state index contributed by atoms with van der Waals surface area (Å²) in [7, 11) is 1.91. The predicted molar refractivity (Wildman–Crippen MR) is 109 cm³/mol. The molecule has 0 aliphatic carbocycles. The molecular formula is C22H23N3O2. The summed E-state index contributed by atoms with van der Waals surface area (Å²) in [4.78, 5) is 17.7. The van der Waals surface area contributed by atoms with Crippen LogP contribution in [0.25, 0.3) is 11.1 Å². The fourth-order valence-corrected chi connectivity index (χ4v) is 2.91. The van der Waals surface area contributed by atoms with Gasteiger partial charge in [-0.3, -0.25) is 4.79 Å². The first-order valence-corrected chi connectivity index (χ1v) is 8.87. The van der Waals surface area contributed by atoms with Crippen molar-refractivity contribution in [1.29, 1.82) is 0 Å². The van der Waals surface area contributed by atoms with Gasteiger partial charge in [0.2, 0.25) is 0 Å². The summed E-state index contributed by atoms with van der Waals surface area (Å²) in [5.41, 5.74) is 5.34. The summed E-state index contributed by atoms with van der Waals surface area (Å²) in [5, 5.41) is 6.92. The number of aryl methyl sites for hydroxylation is 2. The van der Waals surface area contributed by atoms with Crippen LogP contribution in [-0.4, -0.2) is 23.3 Å². The van der Waals surface area contributed by atoms with E-state index in [1.165, 1.54) is 0 Å². The van der Waals surface area contributed by atoms with Crippen LogP contribution in [0, 0.1) is 6.92 Å². The van der Waals surface area contributed by atoms with Crippen molar-refractivity contribution in [3.05, 3.63) is 77.6 Å². The molecule has 0 atom stereocenters. The van der Waals surface area contributed by atoms with Gasteiger partial charge in [-0.1, -0.05) is 47.6 Å². The molecule has 1 aromatic heterocycles. The zero-order chi connectivity index (χ0) is 19.2. The molecule has 0 bridgehead atoms.